The summed E-state index contributed by atoms with van der Waals surface area (Å²) in [5.41, 5.74) is 3.33. The molecule has 19 heavy (non-hydrogen) atoms. The summed E-state index contributed by atoms with van der Waals surface area (Å²) < 4.78 is 7.68. The molecule has 3 nitrogen and oxygen atoms in total. The molecule has 0 saturated heterocycles. The van der Waals surface area contributed by atoms with Gasteiger partial charge in [-0.3, -0.25) is 4.68 Å². The Bertz CT molecular complexity index is 698. The van der Waals surface area contributed by atoms with Gasteiger partial charge in [-0.25, -0.2) is 0 Å². The van der Waals surface area contributed by atoms with Gasteiger partial charge >= 0.3 is 0 Å². The van der Waals surface area contributed by atoms with Gasteiger partial charge in [-0.2, -0.15) is 5.10 Å². The standard InChI is InChI=1S/C16H16N2O/c1-12-7-9-13(10-8-12)19-11-15-14-5-3-4-6-16(14)18(2)17-15/h3-10H,11H2,1-2H3. The lowest BCUT2D eigenvalue weighted by Gasteiger charge is -2.04. The van der Waals surface area contributed by atoms with E-state index in [4.69, 9.17) is 4.74 Å². The minimum atomic E-state index is 0.490. The molecule has 1 heterocycles. The molecule has 0 aliphatic heterocycles. The fourth-order valence-electron chi connectivity index (χ4n) is 2.18. The number of benzene rings is 2. The van der Waals surface area contributed by atoms with Crippen LogP contribution in [0.1, 0.15) is 11.3 Å². The van der Waals surface area contributed by atoms with E-state index in [1.807, 2.05) is 48.1 Å². The van der Waals surface area contributed by atoms with E-state index in [2.05, 4.69) is 24.2 Å². The van der Waals surface area contributed by atoms with Crippen LogP contribution in [0.15, 0.2) is 48.5 Å². The highest BCUT2D eigenvalue weighted by Crippen LogP contribution is 2.19. The first-order valence-corrected chi connectivity index (χ1v) is 6.34. The summed E-state index contributed by atoms with van der Waals surface area (Å²) in [6, 6.07) is 16.3. The Labute approximate surface area is 112 Å². The Morgan fingerprint density at radius 2 is 1.79 bits per heavy atom. The van der Waals surface area contributed by atoms with E-state index in [9.17, 15) is 0 Å². The van der Waals surface area contributed by atoms with Gasteiger partial charge in [-0.05, 0) is 25.1 Å². The second-order valence-corrected chi connectivity index (χ2v) is 4.69. The van der Waals surface area contributed by atoms with Crippen molar-refractivity contribution in [3.8, 4) is 5.75 Å². The summed E-state index contributed by atoms with van der Waals surface area (Å²) in [5, 5.41) is 5.66. The predicted octanol–water partition coefficient (Wildman–Crippen LogP) is 3.46. The molecule has 3 heteroatoms. The number of hydrogen-bond donors (Lipinski definition) is 0. The molecule has 0 aliphatic rings. The normalized spacial score (nSPS) is 10.8. The average Bonchev–Trinajstić information content (AvgIpc) is 2.76. The SMILES string of the molecule is Cc1ccc(OCc2nn(C)c3ccccc23)cc1. The Kier molecular flexibility index (Phi) is 2.95. The van der Waals surface area contributed by atoms with Gasteiger partial charge in [0.25, 0.3) is 0 Å². The fourth-order valence-corrected chi connectivity index (χ4v) is 2.18. The fraction of sp³-hybridized carbons (Fsp3) is 0.188. The Hall–Kier alpha value is -2.29. The Morgan fingerprint density at radius 3 is 2.58 bits per heavy atom. The summed E-state index contributed by atoms with van der Waals surface area (Å²) in [5.74, 6) is 0.875. The molecule has 0 bridgehead atoms. The van der Waals surface area contributed by atoms with Crippen LogP contribution in [0.3, 0.4) is 0 Å². The van der Waals surface area contributed by atoms with Crippen LogP contribution in [0.5, 0.6) is 5.75 Å². The smallest absolute Gasteiger partial charge is 0.133 e. The van der Waals surface area contributed by atoms with Gasteiger partial charge in [0.05, 0.1) is 5.52 Å². The maximum absolute atomic E-state index is 5.79. The van der Waals surface area contributed by atoms with Crippen LogP contribution in [0, 0.1) is 6.92 Å². The van der Waals surface area contributed by atoms with E-state index in [1.165, 1.54) is 5.56 Å². The van der Waals surface area contributed by atoms with Gasteiger partial charge in [0.2, 0.25) is 0 Å². The third-order valence-electron chi connectivity index (χ3n) is 3.23. The van der Waals surface area contributed by atoms with E-state index in [1.54, 1.807) is 0 Å². The highest BCUT2D eigenvalue weighted by Gasteiger charge is 2.08. The molecule has 0 atom stereocenters. The zero-order valence-corrected chi connectivity index (χ0v) is 11.1. The highest BCUT2D eigenvalue weighted by molar-refractivity contribution is 5.81. The average molecular weight is 252 g/mol. The number of aryl methyl sites for hydroxylation is 2. The zero-order valence-electron chi connectivity index (χ0n) is 11.1. The number of rotatable bonds is 3. The van der Waals surface area contributed by atoms with Crippen LogP contribution in [-0.2, 0) is 13.7 Å². The van der Waals surface area contributed by atoms with Crippen molar-refractivity contribution in [3.63, 3.8) is 0 Å². The van der Waals surface area contributed by atoms with Crippen molar-refractivity contribution >= 4 is 10.9 Å². The van der Waals surface area contributed by atoms with E-state index >= 15 is 0 Å². The van der Waals surface area contributed by atoms with E-state index < -0.39 is 0 Å². The van der Waals surface area contributed by atoms with Gasteiger partial charge in [-0.15, -0.1) is 0 Å². The van der Waals surface area contributed by atoms with Gasteiger partial charge in [-0.1, -0.05) is 35.9 Å². The Morgan fingerprint density at radius 1 is 1.05 bits per heavy atom. The number of nitrogens with zero attached hydrogens (tertiary/aromatic N) is 2. The minimum absolute atomic E-state index is 0.490. The van der Waals surface area contributed by atoms with Gasteiger partial charge in [0.15, 0.2) is 0 Å². The lowest BCUT2D eigenvalue weighted by atomic mass is 10.2. The predicted molar refractivity (Wildman–Crippen MR) is 76.2 cm³/mol. The van der Waals surface area contributed by atoms with Gasteiger partial charge in [0.1, 0.15) is 18.1 Å². The van der Waals surface area contributed by atoms with E-state index in [0.717, 1.165) is 22.3 Å². The Balaban J connectivity index is 1.84. The molecular weight excluding hydrogens is 236 g/mol. The van der Waals surface area contributed by atoms with Crippen LogP contribution >= 0.6 is 0 Å². The topological polar surface area (TPSA) is 27.1 Å². The van der Waals surface area contributed by atoms with Crippen LogP contribution in [0.2, 0.25) is 0 Å². The van der Waals surface area contributed by atoms with Crippen molar-refractivity contribution in [1.82, 2.24) is 9.78 Å². The molecule has 0 amide bonds. The van der Waals surface area contributed by atoms with Gasteiger partial charge < -0.3 is 4.74 Å². The maximum Gasteiger partial charge on any atom is 0.133 e. The zero-order chi connectivity index (χ0) is 13.2. The molecule has 96 valence electrons. The van der Waals surface area contributed by atoms with Crippen molar-refractivity contribution < 1.29 is 4.74 Å². The van der Waals surface area contributed by atoms with Crippen molar-refractivity contribution in [2.24, 2.45) is 7.05 Å². The second-order valence-electron chi connectivity index (χ2n) is 4.69. The number of fused-ring (bicyclic) bond motifs is 1. The third-order valence-corrected chi connectivity index (χ3v) is 3.23. The van der Waals surface area contributed by atoms with Crippen LogP contribution in [0.25, 0.3) is 10.9 Å². The first kappa shape index (κ1) is 11.8. The molecule has 0 saturated carbocycles. The molecule has 0 N–H and O–H groups in total. The van der Waals surface area contributed by atoms with Gasteiger partial charge in [0, 0.05) is 12.4 Å². The van der Waals surface area contributed by atoms with Crippen molar-refractivity contribution in [3.05, 3.63) is 59.8 Å². The molecule has 0 spiro atoms. The summed E-state index contributed by atoms with van der Waals surface area (Å²) >= 11 is 0. The van der Waals surface area contributed by atoms with E-state index in [-0.39, 0.29) is 0 Å². The number of hydrogen-bond acceptors (Lipinski definition) is 2. The lowest BCUT2D eigenvalue weighted by molar-refractivity contribution is 0.301. The summed E-state index contributed by atoms with van der Waals surface area (Å²) in [6.45, 7) is 2.56. The summed E-state index contributed by atoms with van der Waals surface area (Å²) in [4.78, 5) is 0. The second kappa shape index (κ2) is 4.76. The third kappa shape index (κ3) is 2.32. The van der Waals surface area contributed by atoms with E-state index in [0.29, 0.717) is 6.61 Å². The number of ether oxygens (including phenoxy) is 1. The molecule has 0 radical (unpaired) electrons. The number of para-hydroxylation sites is 1. The number of aromatic nitrogens is 2. The quantitative estimate of drug-likeness (QED) is 0.713. The summed E-state index contributed by atoms with van der Waals surface area (Å²) in [7, 11) is 1.96. The molecule has 0 fully saturated rings. The van der Waals surface area contributed by atoms with Crippen LogP contribution < -0.4 is 4.74 Å². The molecule has 3 rings (SSSR count). The molecule has 1 aromatic heterocycles. The minimum Gasteiger partial charge on any atom is -0.487 e. The molecule has 0 aliphatic carbocycles. The largest absolute Gasteiger partial charge is 0.487 e. The van der Waals surface area contributed by atoms with Crippen molar-refractivity contribution in [2.45, 2.75) is 13.5 Å². The molecule has 2 aromatic carbocycles. The molecule has 0 unspecified atom stereocenters. The summed E-state index contributed by atoms with van der Waals surface area (Å²) in [6.07, 6.45) is 0. The van der Waals surface area contributed by atoms with Crippen LogP contribution in [-0.4, -0.2) is 9.78 Å². The maximum atomic E-state index is 5.79. The lowest BCUT2D eigenvalue weighted by Crippen LogP contribution is -1.98. The molecular formula is C16H16N2O. The van der Waals surface area contributed by atoms with Crippen LogP contribution in [0.4, 0.5) is 0 Å². The van der Waals surface area contributed by atoms with Crippen molar-refractivity contribution in [2.75, 3.05) is 0 Å². The monoisotopic (exact) mass is 252 g/mol. The first-order valence-electron chi connectivity index (χ1n) is 6.34. The van der Waals surface area contributed by atoms with Crippen molar-refractivity contribution in [1.29, 1.82) is 0 Å². The first-order chi connectivity index (χ1) is 9.24. The highest BCUT2D eigenvalue weighted by atomic mass is 16.5. The molecule has 3 aromatic rings.